The number of methoxy groups -OCH3 is 1. The smallest absolute Gasteiger partial charge is 0.410 e. The van der Waals surface area contributed by atoms with Crippen LogP contribution in [-0.4, -0.2) is 55.7 Å². The van der Waals surface area contributed by atoms with Crippen LogP contribution in [0.2, 0.25) is 0 Å². The van der Waals surface area contributed by atoms with Crippen LogP contribution in [0.4, 0.5) is 4.79 Å². The van der Waals surface area contributed by atoms with Gasteiger partial charge in [-0.3, -0.25) is 4.90 Å². The molecule has 0 aromatic heterocycles. The van der Waals surface area contributed by atoms with Gasteiger partial charge < -0.3 is 14.4 Å². The van der Waals surface area contributed by atoms with E-state index in [1.165, 1.54) is 5.56 Å². The molecular formula is C28H36N2O3. The average molecular weight is 449 g/mol. The van der Waals surface area contributed by atoms with Crippen molar-refractivity contribution in [2.24, 2.45) is 5.92 Å². The zero-order valence-corrected chi connectivity index (χ0v) is 19.9. The maximum atomic E-state index is 12.9. The number of benzene rings is 2. The van der Waals surface area contributed by atoms with Crippen LogP contribution >= 0.6 is 0 Å². The molecule has 1 aliphatic carbocycles. The second-order valence-electron chi connectivity index (χ2n) is 9.47. The zero-order valence-electron chi connectivity index (χ0n) is 19.9. The summed E-state index contributed by atoms with van der Waals surface area (Å²) in [7, 11) is 3.62. The molecule has 2 aromatic carbocycles. The maximum Gasteiger partial charge on any atom is 0.410 e. The number of hydrogen-bond donors (Lipinski definition) is 0. The summed E-state index contributed by atoms with van der Waals surface area (Å²) >= 11 is 0. The molecule has 0 N–H and O–H groups in total. The van der Waals surface area contributed by atoms with Gasteiger partial charge in [0.25, 0.3) is 0 Å². The quantitative estimate of drug-likeness (QED) is 0.542. The fourth-order valence-corrected chi connectivity index (χ4v) is 5.77. The topological polar surface area (TPSA) is 42.0 Å². The van der Waals surface area contributed by atoms with Gasteiger partial charge in [0.2, 0.25) is 0 Å². The molecule has 2 aromatic rings. The fraction of sp³-hybridized carbons (Fsp3) is 0.464. The molecule has 33 heavy (non-hydrogen) atoms. The van der Waals surface area contributed by atoms with Crippen LogP contribution in [0.25, 0.3) is 0 Å². The highest BCUT2D eigenvalue weighted by Gasteiger charge is 2.49. The lowest BCUT2D eigenvalue weighted by molar-refractivity contribution is 0.0183. The summed E-state index contributed by atoms with van der Waals surface area (Å²) in [6.07, 6.45) is 5.86. The standard InChI is InChI=1S/C28H36N2O3/c1-4-16-30-17-15-28(23-11-8-12-26(18-23)32-3)19-25(14-13-24(28)20-30)29(2)27(31)33-21-22-9-6-5-7-10-22/h4-12,18,24-25H,1,13-17,19-21H2,2-3H3/t24-,25-,28+/m1/s1. The van der Waals surface area contributed by atoms with Gasteiger partial charge in [-0.05, 0) is 61.4 Å². The SMILES string of the molecule is C=CCN1CC[C@@]2(c3cccc(OC)c3)C[C@H](N(C)C(=O)OCc3ccccc3)CC[C@@H]2C1. The van der Waals surface area contributed by atoms with Gasteiger partial charge in [-0.1, -0.05) is 48.5 Å². The molecule has 2 aliphatic rings. The second kappa shape index (κ2) is 10.4. The number of hydrogen-bond acceptors (Lipinski definition) is 4. The number of rotatable bonds is 7. The Hall–Kier alpha value is -2.79. The van der Waals surface area contributed by atoms with Crippen LogP contribution < -0.4 is 4.74 Å². The van der Waals surface area contributed by atoms with Gasteiger partial charge in [-0.25, -0.2) is 4.79 Å². The Kier molecular flexibility index (Phi) is 7.39. The monoisotopic (exact) mass is 448 g/mol. The van der Waals surface area contributed by atoms with Crippen molar-refractivity contribution in [2.75, 3.05) is 33.8 Å². The fourth-order valence-electron chi connectivity index (χ4n) is 5.77. The first-order valence-corrected chi connectivity index (χ1v) is 12.0. The van der Waals surface area contributed by atoms with Gasteiger partial charge >= 0.3 is 6.09 Å². The number of ether oxygens (including phenoxy) is 2. The highest BCUT2D eigenvalue weighted by molar-refractivity contribution is 5.67. The lowest BCUT2D eigenvalue weighted by Gasteiger charge is -2.54. The van der Waals surface area contributed by atoms with Crippen molar-refractivity contribution >= 4 is 6.09 Å². The lowest BCUT2D eigenvalue weighted by Crippen LogP contribution is -2.56. The number of fused-ring (bicyclic) bond motifs is 1. The number of nitrogens with zero attached hydrogens (tertiary/aromatic N) is 2. The van der Waals surface area contributed by atoms with Crippen molar-refractivity contribution in [1.82, 2.24) is 9.80 Å². The van der Waals surface area contributed by atoms with Crippen molar-refractivity contribution in [1.29, 1.82) is 0 Å². The Morgan fingerprint density at radius 1 is 1.21 bits per heavy atom. The highest BCUT2D eigenvalue weighted by Crippen LogP contribution is 2.50. The first-order chi connectivity index (χ1) is 16.1. The number of carbonyl (C=O) groups excluding carboxylic acids is 1. The summed E-state index contributed by atoms with van der Waals surface area (Å²) in [5, 5.41) is 0. The van der Waals surface area contributed by atoms with E-state index in [0.29, 0.717) is 12.5 Å². The number of carbonyl (C=O) groups is 1. The van der Waals surface area contributed by atoms with Crippen LogP contribution in [0.1, 0.15) is 36.8 Å². The zero-order chi connectivity index (χ0) is 23.3. The molecule has 0 spiro atoms. The minimum Gasteiger partial charge on any atom is -0.497 e. The predicted molar refractivity (Wildman–Crippen MR) is 131 cm³/mol. The van der Waals surface area contributed by atoms with Crippen molar-refractivity contribution in [3.05, 3.63) is 78.4 Å². The van der Waals surface area contributed by atoms with Gasteiger partial charge in [-0.15, -0.1) is 6.58 Å². The number of piperidine rings is 1. The first kappa shape index (κ1) is 23.4. The molecule has 1 heterocycles. The van der Waals surface area contributed by atoms with Crippen LogP contribution in [0.15, 0.2) is 67.3 Å². The molecule has 1 saturated carbocycles. The normalized spacial score (nSPS) is 25.0. The molecular weight excluding hydrogens is 412 g/mol. The van der Waals surface area contributed by atoms with E-state index >= 15 is 0 Å². The molecule has 2 fully saturated rings. The van der Waals surface area contributed by atoms with E-state index < -0.39 is 0 Å². The highest BCUT2D eigenvalue weighted by atomic mass is 16.6. The summed E-state index contributed by atoms with van der Waals surface area (Å²) in [6, 6.07) is 18.6. The predicted octanol–water partition coefficient (Wildman–Crippen LogP) is 5.26. The molecule has 0 unspecified atom stereocenters. The van der Waals surface area contributed by atoms with Crippen molar-refractivity contribution in [2.45, 2.75) is 43.7 Å². The summed E-state index contributed by atoms with van der Waals surface area (Å²) in [5.41, 5.74) is 2.37. The molecule has 1 amide bonds. The lowest BCUT2D eigenvalue weighted by atomic mass is 9.58. The van der Waals surface area contributed by atoms with Gasteiger partial charge in [0.1, 0.15) is 12.4 Å². The average Bonchev–Trinajstić information content (AvgIpc) is 2.87. The second-order valence-corrected chi connectivity index (χ2v) is 9.47. The summed E-state index contributed by atoms with van der Waals surface area (Å²) in [4.78, 5) is 17.3. The molecule has 3 atom stereocenters. The molecule has 0 radical (unpaired) electrons. The Balaban J connectivity index is 1.52. The third-order valence-corrected chi connectivity index (χ3v) is 7.66. The molecule has 4 rings (SSSR count). The number of likely N-dealkylation sites (tertiary alicyclic amines) is 1. The van der Waals surface area contributed by atoms with Gasteiger partial charge in [0, 0.05) is 31.6 Å². The molecule has 0 bridgehead atoms. The van der Waals surface area contributed by atoms with Crippen LogP contribution in [0, 0.1) is 5.92 Å². The Bertz CT molecular complexity index is 947. The Morgan fingerprint density at radius 2 is 2.03 bits per heavy atom. The van der Waals surface area contributed by atoms with Gasteiger partial charge in [0.05, 0.1) is 7.11 Å². The Labute approximate surface area is 198 Å². The van der Waals surface area contributed by atoms with Crippen molar-refractivity contribution < 1.29 is 14.3 Å². The van der Waals surface area contributed by atoms with Crippen LogP contribution in [0.5, 0.6) is 5.75 Å². The molecule has 1 aliphatic heterocycles. The van der Waals surface area contributed by atoms with Gasteiger partial charge in [-0.2, -0.15) is 0 Å². The largest absolute Gasteiger partial charge is 0.497 e. The van der Waals surface area contributed by atoms with Gasteiger partial charge in [0.15, 0.2) is 0 Å². The van der Waals surface area contributed by atoms with E-state index in [1.54, 1.807) is 7.11 Å². The van der Waals surface area contributed by atoms with E-state index in [9.17, 15) is 4.79 Å². The molecule has 1 saturated heterocycles. The van der Waals surface area contributed by atoms with E-state index in [1.807, 2.05) is 54.4 Å². The van der Waals surface area contributed by atoms with Crippen LogP contribution in [-0.2, 0) is 16.8 Å². The minimum atomic E-state index is -0.243. The molecule has 5 nitrogen and oxygen atoms in total. The summed E-state index contributed by atoms with van der Waals surface area (Å²) < 4.78 is 11.2. The van der Waals surface area contributed by atoms with E-state index in [2.05, 4.69) is 29.7 Å². The Morgan fingerprint density at radius 3 is 2.79 bits per heavy atom. The van der Waals surface area contributed by atoms with Crippen LogP contribution in [0.3, 0.4) is 0 Å². The molecule has 176 valence electrons. The van der Waals surface area contributed by atoms with E-state index in [4.69, 9.17) is 9.47 Å². The number of amides is 1. The van der Waals surface area contributed by atoms with Crippen molar-refractivity contribution in [3.63, 3.8) is 0 Å². The third kappa shape index (κ3) is 5.09. The summed E-state index contributed by atoms with van der Waals surface area (Å²) in [6.45, 7) is 7.27. The molecule has 5 heteroatoms. The van der Waals surface area contributed by atoms with E-state index in [-0.39, 0.29) is 17.6 Å². The van der Waals surface area contributed by atoms with E-state index in [0.717, 1.165) is 56.6 Å². The third-order valence-electron chi connectivity index (χ3n) is 7.66. The first-order valence-electron chi connectivity index (χ1n) is 12.0. The maximum absolute atomic E-state index is 12.9. The summed E-state index contributed by atoms with van der Waals surface area (Å²) in [5.74, 6) is 1.44. The van der Waals surface area contributed by atoms with Crippen molar-refractivity contribution in [3.8, 4) is 5.75 Å². The minimum absolute atomic E-state index is 0.0308.